The van der Waals surface area contributed by atoms with Crippen LogP contribution in [0.3, 0.4) is 0 Å². The number of nitrogens with one attached hydrogen (secondary N) is 1. The number of rotatable bonds is 9. The summed E-state index contributed by atoms with van der Waals surface area (Å²) in [6.07, 6.45) is 1.38. The van der Waals surface area contributed by atoms with Gasteiger partial charge in [-0.3, -0.25) is 9.36 Å². The van der Waals surface area contributed by atoms with E-state index in [9.17, 15) is 9.18 Å². The number of allylic oxidation sites excluding steroid dienone is 1. The van der Waals surface area contributed by atoms with Gasteiger partial charge in [-0.05, 0) is 44.2 Å². The summed E-state index contributed by atoms with van der Waals surface area (Å²) < 4.78 is 21.1. The Labute approximate surface area is 189 Å². The summed E-state index contributed by atoms with van der Waals surface area (Å²) in [6, 6.07) is 11.8. The first kappa shape index (κ1) is 22.8. The van der Waals surface area contributed by atoms with Crippen molar-refractivity contribution in [2.24, 2.45) is 0 Å². The maximum atomic E-state index is 13.3. The summed E-state index contributed by atoms with van der Waals surface area (Å²) >= 11 is 6.98. The van der Waals surface area contributed by atoms with Gasteiger partial charge in [0.2, 0.25) is 5.91 Å². The van der Waals surface area contributed by atoms with Crippen molar-refractivity contribution in [2.75, 3.05) is 11.1 Å². The number of benzene rings is 2. The van der Waals surface area contributed by atoms with E-state index in [4.69, 9.17) is 16.3 Å². The van der Waals surface area contributed by atoms with E-state index in [2.05, 4.69) is 22.1 Å². The second-order valence-electron chi connectivity index (χ2n) is 6.78. The predicted octanol–water partition coefficient (Wildman–Crippen LogP) is 5.44. The zero-order valence-electron chi connectivity index (χ0n) is 17.1. The SMILES string of the molecule is C=CCn1c(SCC(=O)Nc2ccc(F)c(Cl)c2)nnc1C(C)Oc1ccc(C)cc1. The van der Waals surface area contributed by atoms with E-state index in [0.29, 0.717) is 23.2 Å². The molecule has 0 aliphatic carbocycles. The summed E-state index contributed by atoms with van der Waals surface area (Å²) in [5, 5.41) is 11.7. The molecule has 0 spiro atoms. The van der Waals surface area contributed by atoms with Crippen LogP contribution in [0.4, 0.5) is 10.1 Å². The van der Waals surface area contributed by atoms with Gasteiger partial charge >= 0.3 is 0 Å². The van der Waals surface area contributed by atoms with E-state index < -0.39 is 5.82 Å². The molecule has 3 rings (SSSR count). The summed E-state index contributed by atoms with van der Waals surface area (Å²) in [6.45, 7) is 8.17. The third-order valence-corrected chi connectivity index (χ3v) is 5.55. The van der Waals surface area contributed by atoms with Crippen molar-refractivity contribution in [3.63, 3.8) is 0 Å². The van der Waals surface area contributed by atoms with Gasteiger partial charge in [0, 0.05) is 12.2 Å². The highest BCUT2D eigenvalue weighted by atomic mass is 35.5. The number of nitrogens with zero attached hydrogens (tertiary/aromatic N) is 3. The topological polar surface area (TPSA) is 69.0 Å². The van der Waals surface area contributed by atoms with Gasteiger partial charge in [-0.25, -0.2) is 4.39 Å². The highest BCUT2D eigenvalue weighted by molar-refractivity contribution is 7.99. The van der Waals surface area contributed by atoms with Crippen LogP contribution in [0.15, 0.2) is 60.3 Å². The number of hydrogen-bond donors (Lipinski definition) is 1. The lowest BCUT2D eigenvalue weighted by molar-refractivity contribution is -0.113. The average molecular weight is 461 g/mol. The fourth-order valence-electron chi connectivity index (χ4n) is 2.78. The van der Waals surface area contributed by atoms with Crippen molar-refractivity contribution < 1.29 is 13.9 Å². The molecule has 0 saturated carbocycles. The zero-order chi connectivity index (χ0) is 22.4. The Kier molecular flexibility index (Phi) is 7.70. The number of carbonyl (C=O) groups excluding carboxylic acids is 1. The van der Waals surface area contributed by atoms with Crippen molar-refractivity contribution in [1.82, 2.24) is 14.8 Å². The number of carbonyl (C=O) groups is 1. The number of aryl methyl sites for hydroxylation is 1. The van der Waals surface area contributed by atoms with Crippen LogP contribution in [0, 0.1) is 12.7 Å². The first-order valence-electron chi connectivity index (χ1n) is 9.52. The molecule has 1 N–H and O–H groups in total. The second-order valence-corrected chi connectivity index (χ2v) is 8.13. The molecule has 0 aliphatic heterocycles. The van der Waals surface area contributed by atoms with Crippen molar-refractivity contribution >= 4 is 35.0 Å². The van der Waals surface area contributed by atoms with Gasteiger partial charge in [-0.15, -0.1) is 16.8 Å². The van der Waals surface area contributed by atoms with Gasteiger partial charge < -0.3 is 10.1 Å². The van der Waals surface area contributed by atoms with Gasteiger partial charge in [0.25, 0.3) is 0 Å². The van der Waals surface area contributed by atoms with E-state index in [1.165, 1.54) is 30.0 Å². The Bertz CT molecular complexity index is 1070. The Morgan fingerprint density at radius 3 is 2.74 bits per heavy atom. The Hall–Kier alpha value is -2.84. The number of hydrogen-bond acceptors (Lipinski definition) is 5. The van der Waals surface area contributed by atoms with Crippen LogP contribution in [0.25, 0.3) is 0 Å². The smallest absolute Gasteiger partial charge is 0.234 e. The van der Waals surface area contributed by atoms with Crippen molar-refractivity contribution in [2.45, 2.75) is 31.7 Å². The lowest BCUT2D eigenvalue weighted by Crippen LogP contribution is -2.15. The van der Waals surface area contributed by atoms with E-state index >= 15 is 0 Å². The summed E-state index contributed by atoms with van der Waals surface area (Å²) in [7, 11) is 0. The minimum absolute atomic E-state index is 0.0524. The number of aromatic nitrogens is 3. The number of ether oxygens (including phenoxy) is 1. The van der Waals surface area contributed by atoms with Crippen molar-refractivity contribution in [3.05, 3.63) is 77.3 Å². The van der Waals surface area contributed by atoms with Gasteiger partial charge in [-0.2, -0.15) is 0 Å². The average Bonchev–Trinajstić information content (AvgIpc) is 3.14. The van der Waals surface area contributed by atoms with E-state index in [-0.39, 0.29) is 22.8 Å². The lowest BCUT2D eigenvalue weighted by Gasteiger charge is -2.16. The molecule has 31 heavy (non-hydrogen) atoms. The van der Waals surface area contributed by atoms with Gasteiger partial charge in [0.1, 0.15) is 11.6 Å². The molecule has 0 bridgehead atoms. The third-order valence-electron chi connectivity index (χ3n) is 4.29. The molecule has 0 aliphatic rings. The van der Waals surface area contributed by atoms with Crippen LogP contribution in [-0.2, 0) is 11.3 Å². The maximum absolute atomic E-state index is 13.3. The minimum atomic E-state index is -0.541. The summed E-state index contributed by atoms with van der Waals surface area (Å²) in [5.41, 5.74) is 1.57. The largest absolute Gasteiger partial charge is 0.483 e. The van der Waals surface area contributed by atoms with Gasteiger partial charge in [0.05, 0.1) is 10.8 Å². The third kappa shape index (κ3) is 6.08. The van der Waals surface area contributed by atoms with Crippen LogP contribution >= 0.6 is 23.4 Å². The number of thioether (sulfide) groups is 1. The maximum Gasteiger partial charge on any atom is 0.234 e. The van der Waals surface area contributed by atoms with E-state index in [1.807, 2.05) is 42.7 Å². The van der Waals surface area contributed by atoms with Gasteiger partial charge in [0.15, 0.2) is 17.1 Å². The molecule has 2 aromatic carbocycles. The highest BCUT2D eigenvalue weighted by Gasteiger charge is 2.20. The molecule has 1 heterocycles. The molecular weight excluding hydrogens is 439 g/mol. The fourth-order valence-corrected chi connectivity index (χ4v) is 3.72. The van der Waals surface area contributed by atoms with Gasteiger partial charge in [-0.1, -0.05) is 47.1 Å². The molecule has 6 nitrogen and oxygen atoms in total. The molecular formula is C22H22ClFN4O2S. The van der Waals surface area contributed by atoms with Crippen LogP contribution < -0.4 is 10.1 Å². The van der Waals surface area contributed by atoms with Crippen LogP contribution in [0.2, 0.25) is 5.02 Å². The molecule has 0 fully saturated rings. The predicted molar refractivity (Wildman–Crippen MR) is 121 cm³/mol. The molecule has 3 aromatic rings. The van der Waals surface area contributed by atoms with E-state index in [0.717, 1.165) is 11.3 Å². The number of anilines is 1. The summed E-state index contributed by atoms with van der Waals surface area (Å²) in [5.74, 6) is 0.649. The normalized spacial score (nSPS) is 11.7. The first-order chi connectivity index (χ1) is 14.9. The highest BCUT2D eigenvalue weighted by Crippen LogP contribution is 2.25. The van der Waals surface area contributed by atoms with E-state index in [1.54, 1.807) is 6.08 Å². The molecule has 0 saturated heterocycles. The second kappa shape index (κ2) is 10.5. The Balaban J connectivity index is 1.66. The standard InChI is InChI=1S/C22H22ClFN4O2S/c1-4-11-28-21(15(3)30-17-8-5-14(2)6-9-17)26-27-22(28)31-13-20(29)25-16-7-10-19(24)18(23)12-16/h4-10,12,15H,1,11,13H2,2-3H3,(H,25,29). The fraction of sp³-hybridized carbons (Fsp3) is 0.227. The molecule has 9 heteroatoms. The minimum Gasteiger partial charge on any atom is -0.483 e. The molecule has 1 atom stereocenters. The molecule has 0 radical (unpaired) electrons. The van der Waals surface area contributed by atoms with Crippen LogP contribution in [0.1, 0.15) is 24.4 Å². The van der Waals surface area contributed by atoms with Crippen LogP contribution in [-0.4, -0.2) is 26.4 Å². The molecule has 1 amide bonds. The lowest BCUT2D eigenvalue weighted by atomic mass is 10.2. The van der Waals surface area contributed by atoms with Crippen molar-refractivity contribution in [3.8, 4) is 5.75 Å². The monoisotopic (exact) mass is 460 g/mol. The van der Waals surface area contributed by atoms with Crippen molar-refractivity contribution in [1.29, 1.82) is 0 Å². The molecule has 1 unspecified atom stereocenters. The zero-order valence-corrected chi connectivity index (χ0v) is 18.7. The molecule has 1 aromatic heterocycles. The number of amides is 1. The molecule has 162 valence electrons. The Morgan fingerprint density at radius 2 is 2.06 bits per heavy atom. The first-order valence-corrected chi connectivity index (χ1v) is 10.9. The van der Waals surface area contributed by atoms with Crippen LogP contribution in [0.5, 0.6) is 5.75 Å². The quantitative estimate of drug-likeness (QED) is 0.340. The Morgan fingerprint density at radius 1 is 1.32 bits per heavy atom. The number of halogens is 2. The summed E-state index contributed by atoms with van der Waals surface area (Å²) in [4.78, 5) is 12.3.